The highest BCUT2D eigenvalue weighted by Crippen LogP contribution is 2.43. The van der Waals surface area contributed by atoms with Crippen molar-refractivity contribution in [2.75, 3.05) is 18.5 Å². The van der Waals surface area contributed by atoms with Gasteiger partial charge in [0.15, 0.2) is 11.5 Å². The van der Waals surface area contributed by atoms with Gasteiger partial charge < -0.3 is 14.4 Å². The molecule has 25 heavy (non-hydrogen) atoms. The molecule has 5 nitrogen and oxygen atoms in total. The molecule has 0 N–H and O–H groups in total. The number of hydrogen-bond acceptors (Lipinski definition) is 5. The number of hydrogen-bond donors (Lipinski definition) is 0. The number of nitrogens with zero attached hydrogens (tertiary/aromatic N) is 2. The number of anilines is 1. The molecule has 2 heterocycles. The van der Waals surface area contributed by atoms with Crippen LogP contribution in [-0.4, -0.2) is 29.6 Å². The second-order valence-corrected chi connectivity index (χ2v) is 6.10. The first-order valence-corrected chi connectivity index (χ1v) is 8.40. The van der Waals surface area contributed by atoms with Gasteiger partial charge in [-0.15, -0.1) is 0 Å². The minimum Gasteiger partial charge on any atom is -0.439 e. The van der Waals surface area contributed by atoms with E-state index in [2.05, 4.69) is 12.1 Å². The number of likely N-dealkylation sites (N-methyl/N-ethyl adjacent to an activating group) is 1. The Labute approximate surface area is 150 Å². The van der Waals surface area contributed by atoms with Crippen LogP contribution in [-0.2, 0) is 9.53 Å². The summed E-state index contributed by atoms with van der Waals surface area (Å²) < 4.78 is 11.3. The third-order valence-electron chi connectivity index (χ3n) is 4.31. The van der Waals surface area contributed by atoms with Crippen LogP contribution >= 0.6 is 12.2 Å². The van der Waals surface area contributed by atoms with E-state index in [4.69, 9.17) is 21.7 Å². The Morgan fingerprint density at radius 3 is 2.68 bits per heavy atom. The van der Waals surface area contributed by atoms with Gasteiger partial charge in [-0.25, -0.2) is 0 Å². The number of ether oxygens (including phenoxy) is 2. The summed E-state index contributed by atoms with van der Waals surface area (Å²) in [6.07, 6.45) is 3.33. The summed E-state index contributed by atoms with van der Waals surface area (Å²) in [4.78, 5) is 15.6. The summed E-state index contributed by atoms with van der Waals surface area (Å²) in [5, 5.41) is 2.45. The standard InChI is InChI=1S/C19H16N2O3S/c1-3-21-18(22)15(24-19(21)25)10-11-16-20(2)17-13-7-5-4-6-12(13)8-9-14(17)23-16/h4-11H,3H2,1-2H3/b15-10+,16-11-. The highest BCUT2D eigenvalue weighted by atomic mass is 32.1. The van der Waals surface area contributed by atoms with Crippen LogP contribution in [0.2, 0.25) is 0 Å². The number of amides is 1. The zero-order valence-electron chi connectivity index (χ0n) is 13.9. The van der Waals surface area contributed by atoms with E-state index < -0.39 is 0 Å². The van der Waals surface area contributed by atoms with Crippen molar-refractivity contribution in [1.29, 1.82) is 0 Å². The van der Waals surface area contributed by atoms with Gasteiger partial charge in [-0.2, -0.15) is 0 Å². The SMILES string of the molecule is CCN1C(=O)/C(=C\C=C2/Oc3ccc4ccccc4c3N2C)OC1=S. The molecule has 0 spiro atoms. The van der Waals surface area contributed by atoms with Crippen molar-refractivity contribution in [1.82, 2.24) is 4.90 Å². The molecule has 0 saturated carbocycles. The molecule has 0 unspecified atom stereocenters. The average molecular weight is 352 g/mol. The number of benzene rings is 2. The van der Waals surface area contributed by atoms with E-state index >= 15 is 0 Å². The largest absolute Gasteiger partial charge is 0.439 e. The fraction of sp³-hybridized carbons (Fsp3) is 0.158. The van der Waals surface area contributed by atoms with Crippen LogP contribution in [0.1, 0.15) is 6.92 Å². The van der Waals surface area contributed by atoms with Crippen molar-refractivity contribution in [3.63, 3.8) is 0 Å². The summed E-state index contributed by atoms with van der Waals surface area (Å²) in [5.74, 6) is 1.39. The maximum atomic E-state index is 12.2. The van der Waals surface area contributed by atoms with Crippen molar-refractivity contribution in [2.24, 2.45) is 0 Å². The summed E-state index contributed by atoms with van der Waals surface area (Å²) >= 11 is 5.06. The zero-order chi connectivity index (χ0) is 17.6. The number of carbonyl (C=O) groups is 1. The second-order valence-electron chi connectivity index (χ2n) is 5.75. The number of allylic oxidation sites excluding steroid dienone is 2. The lowest BCUT2D eigenvalue weighted by molar-refractivity contribution is -0.122. The summed E-state index contributed by atoms with van der Waals surface area (Å²) in [6, 6.07) is 12.1. The van der Waals surface area contributed by atoms with Crippen molar-refractivity contribution in [3.05, 3.63) is 60.2 Å². The Morgan fingerprint density at radius 2 is 1.92 bits per heavy atom. The van der Waals surface area contributed by atoms with E-state index in [1.54, 1.807) is 12.2 Å². The van der Waals surface area contributed by atoms with Gasteiger partial charge in [-0.1, -0.05) is 30.3 Å². The fourth-order valence-corrected chi connectivity index (χ4v) is 3.34. The third-order valence-corrected chi connectivity index (χ3v) is 4.61. The van der Waals surface area contributed by atoms with Crippen LogP contribution in [0.4, 0.5) is 5.69 Å². The Kier molecular flexibility index (Phi) is 3.69. The molecule has 4 rings (SSSR count). The first-order chi connectivity index (χ1) is 12.1. The molecule has 2 aromatic rings. The van der Waals surface area contributed by atoms with Crippen molar-refractivity contribution >= 4 is 39.8 Å². The molecule has 2 aromatic carbocycles. The van der Waals surface area contributed by atoms with E-state index in [9.17, 15) is 4.79 Å². The third kappa shape index (κ3) is 2.46. The van der Waals surface area contributed by atoms with Gasteiger partial charge in [0.05, 0.1) is 5.69 Å². The molecule has 1 amide bonds. The molecule has 0 atom stereocenters. The lowest BCUT2D eigenvalue weighted by Crippen LogP contribution is -2.27. The van der Waals surface area contributed by atoms with Crippen molar-refractivity contribution in [2.45, 2.75) is 6.92 Å². The van der Waals surface area contributed by atoms with Gasteiger partial charge in [0.25, 0.3) is 11.1 Å². The Morgan fingerprint density at radius 1 is 1.12 bits per heavy atom. The predicted octanol–water partition coefficient (Wildman–Crippen LogP) is 3.56. The molecule has 0 radical (unpaired) electrons. The van der Waals surface area contributed by atoms with Gasteiger partial charge >= 0.3 is 0 Å². The number of fused-ring (bicyclic) bond motifs is 3. The van der Waals surface area contributed by atoms with E-state index in [0.29, 0.717) is 12.4 Å². The van der Waals surface area contributed by atoms with Crippen LogP contribution in [0.5, 0.6) is 5.75 Å². The maximum Gasteiger partial charge on any atom is 0.297 e. The Bertz CT molecular complexity index is 964. The average Bonchev–Trinajstić information content (AvgIpc) is 3.09. The Hall–Kier alpha value is -2.86. The molecule has 0 aromatic heterocycles. The summed E-state index contributed by atoms with van der Waals surface area (Å²) in [7, 11) is 1.93. The maximum absolute atomic E-state index is 12.2. The highest BCUT2D eigenvalue weighted by molar-refractivity contribution is 7.80. The molecule has 0 aliphatic carbocycles. The molecule has 0 bridgehead atoms. The number of rotatable bonds is 2. The van der Waals surface area contributed by atoms with E-state index in [1.165, 1.54) is 4.90 Å². The number of carbonyl (C=O) groups excluding carboxylic acids is 1. The zero-order valence-corrected chi connectivity index (χ0v) is 14.7. The fourth-order valence-electron chi connectivity index (χ4n) is 3.03. The van der Waals surface area contributed by atoms with E-state index in [0.717, 1.165) is 22.2 Å². The Balaban J connectivity index is 1.68. The minimum absolute atomic E-state index is 0.187. The lowest BCUT2D eigenvalue weighted by atomic mass is 10.1. The van der Waals surface area contributed by atoms with Gasteiger partial charge in [-0.05, 0) is 36.7 Å². The summed E-state index contributed by atoms with van der Waals surface area (Å²) in [6.45, 7) is 2.34. The molecule has 126 valence electrons. The van der Waals surface area contributed by atoms with Crippen molar-refractivity contribution in [3.8, 4) is 5.75 Å². The van der Waals surface area contributed by atoms with Gasteiger partial charge in [0.1, 0.15) is 0 Å². The van der Waals surface area contributed by atoms with Crippen LogP contribution < -0.4 is 9.64 Å². The van der Waals surface area contributed by atoms with Gasteiger partial charge in [0, 0.05) is 25.1 Å². The molecule has 2 aliphatic heterocycles. The minimum atomic E-state index is -0.229. The lowest BCUT2D eigenvalue weighted by Gasteiger charge is -2.12. The highest BCUT2D eigenvalue weighted by Gasteiger charge is 2.32. The first-order valence-electron chi connectivity index (χ1n) is 7.99. The van der Waals surface area contributed by atoms with Gasteiger partial charge in [0.2, 0.25) is 5.88 Å². The van der Waals surface area contributed by atoms with Crippen LogP contribution in [0.3, 0.4) is 0 Å². The molecule has 1 fully saturated rings. The molecular formula is C19H16N2O3S. The number of thiocarbonyl (C=S) groups is 1. The van der Waals surface area contributed by atoms with Gasteiger partial charge in [-0.3, -0.25) is 9.69 Å². The van der Waals surface area contributed by atoms with E-state index in [-0.39, 0.29) is 16.8 Å². The quantitative estimate of drug-likeness (QED) is 0.611. The first kappa shape index (κ1) is 15.7. The smallest absolute Gasteiger partial charge is 0.297 e. The van der Waals surface area contributed by atoms with Crippen molar-refractivity contribution < 1.29 is 14.3 Å². The molecular weight excluding hydrogens is 336 g/mol. The molecule has 2 aliphatic rings. The topological polar surface area (TPSA) is 42.0 Å². The normalized spacial score (nSPS) is 19.8. The van der Waals surface area contributed by atoms with Crippen LogP contribution in [0.15, 0.2) is 60.2 Å². The summed E-state index contributed by atoms with van der Waals surface area (Å²) in [5.41, 5.74) is 1.01. The second kappa shape index (κ2) is 5.89. The predicted molar refractivity (Wildman–Crippen MR) is 100 cm³/mol. The van der Waals surface area contributed by atoms with E-state index in [1.807, 2.05) is 43.1 Å². The van der Waals surface area contributed by atoms with Crippen LogP contribution in [0.25, 0.3) is 10.8 Å². The van der Waals surface area contributed by atoms with Crippen LogP contribution in [0, 0.1) is 0 Å². The molecule has 1 saturated heterocycles. The monoisotopic (exact) mass is 352 g/mol. The molecule has 6 heteroatoms.